The molecule has 0 fully saturated rings. The van der Waals surface area contributed by atoms with E-state index < -0.39 is 0 Å². The molecule has 0 aliphatic rings. The molecule has 0 saturated heterocycles. The number of aromatic nitrogens is 4. The Labute approximate surface area is 124 Å². The van der Waals surface area contributed by atoms with Gasteiger partial charge >= 0.3 is 0 Å². The van der Waals surface area contributed by atoms with Crippen molar-refractivity contribution < 1.29 is 0 Å². The Morgan fingerprint density at radius 2 is 2.14 bits per heavy atom. The monoisotopic (exact) mass is 278 g/mol. The van der Waals surface area contributed by atoms with Crippen molar-refractivity contribution in [3.05, 3.63) is 66.4 Å². The van der Waals surface area contributed by atoms with Crippen LogP contribution in [-0.4, -0.2) is 19.2 Å². The van der Waals surface area contributed by atoms with E-state index in [4.69, 9.17) is 0 Å². The van der Waals surface area contributed by atoms with Crippen LogP contribution in [0.5, 0.6) is 0 Å². The summed E-state index contributed by atoms with van der Waals surface area (Å²) in [4.78, 5) is 4.62. The molecule has 3 aromatic heterocycles. The minimum absolute atomic E-state index is 0.661. The van der Waals surface area contributed by atoms with Gasteiger partial charge in [0.1, 0.15) is 5.65 Å². The van der Waals surface area contributed by atoms with E-state index in [2.05, 4.69) is 35.0 Å². The molecule has 0 aromatic carbocycles. The Morgan fingerprint density at radius 1 is 1.29 bits per heavy atom. The van der Waals surface area contributed by atoms with Gasteiger partial charge in [-0.25, -0.2) is 4.98 Å². The average Bonchev–Trinajstić information content (AvgIpc) is 3.05. The van der Waals surface area contributed by atoms with Gasteiger partial charge in [-0.15, -0.1) is 0 Å². The lowest BCUT2D eigenvalue weighted by Crippen LogP contribution is -1.99. The maximum absolute atomic E-state index is 4.62. The van der Waals surface area contributed by atoms with Gasteiger partial charge in [0.15, 0.2) is 0 Å². The lowest BCUT2D eigenvalue weighted by molar-refractivity contribution is 0.676. The molecule has 4 heteroatoms. The molecule has 0 N–H and O–H groups in total. The topological polar surface area (TPSA) is 35.1 Å². The second-order valence-corrected chi connectivity index (χ2v) is 5.17. The third-order valence-electron chi connectivity index (χ3n) is 3.33. The number of fused-ring (bicyclic) bond motifs is 1. The van der Waals surface area contributed by atoms with Crippen molar-refractivity contribution in [1.82, 2.24) is 19.2 Å². The third-order valence-corrected chi connectivity index (χ3v) is 3.33. The minimum Gasteiger partial charge on any atom is -0.306 e. The van der Waals surface area contributed by atoms with Gasteiger partial charge in [0.05, 0.1) is 18.4 Å². The van der Waals surface area contributed by atoms with Crippen molar-refractivity contribution in [2.24, 2.45) is 0 Å². The van der Waals surface area contributed by atoms with Crippen LogP contribution in [0, 0.1) is 0 Å². The van der Waals surface area contributed by atoms with E-state index in [0.29, 0.717) is 6.54 Å². The number of pyridine rings is 1. The smallest absolute Gasteiger partial charge is 0.137 e. The Hall–Kier alpha value is -2.62. The van der Waals surface area contributed by atoms with Gasteiger partial charge in [0.2, 0.25) is 0 Å². The summed E-state index contributed by atoms with van der Waals surface area (Å²) in [6, 6.07) is 4.10. The van der Waals surface area contributed by atoms with Gasteiger partial charge in [0, 0.05) is 24.2 Å². The molecule has 0 amide bonds. The van der Waals surface area contributed by atoms with E-state index in [1.54, 1.807) is 0 Å². The minimum atomic E-state index is 0.661. The maximum Gasteiger partial charge on any atom is 0.137 e. The van der Waals surface area contributed by atoms with Crippen LogP contribution in [0.25, 0.3) is 17.3 Å². The van der Waals surface area contributed by atoms with Gasteiger partial charge in [-0.1, -0.05) is 18.7 Å². The highest BCUT2D eigenvalue weighted by atomic mass is 15.3. The molecule has 0 atom stereocenters. The molecule has 0 aliphatic heterocycles. The third kappa shape index (κ3) is 2.79. The van der Waals surface area contributed by atoms with Crippen molar-refractivity contribution in [1.29, 1.82) is 0 Å². The molecule has 3 rings (SSSR count). The summed E-state index contributed by atoms with van der Waals surface area (Å²) in [5.41, 5.74) is 5.19. The zero-order chi connectivity index (χ0) is 14.8. The van der Waals surface area contributed by atoms with E-state index in [9.17, 15) is 0 Å². The van der Waals surface area contributed by atoms with Gasteiger partial charge in [-0.3, -0.25) is 4.68 Å². The van der Waals surface area contributed by atoms with E-state index >= 15 is 0 Å². The molecule has 0 radical (unpaired) electrons. The number of imidazole rings is 1. The number of rotatable bonds is 4. The summed E-state index contributed by atoms with van der Waals surface area (Å²) in [6.07, 6.45) is 12.1. The fourth-order valence-electron chi connectivity index (χ4n) is 2.27. The fraction of sp³-hybridized carbons (Fsp3) is 0.176. The molecular formula is C17H18N4. The first-order valence-corrected chi connectivity index (χ1v) is 6.94. The highest BCUT2D eigenvalue weighted by molar-refractivity contribution is 5.59. The van der Waals surface area contributed by atoms with Crippen molar-refractivity contribution in [2.45, 2.75) is 20.4 Å². The molecular weight excluding hydrogens is 260 g/mol. The molecule has 3 aromatic rings. The first-order valence-electron chi connectivity index (χ1n) is 6.94. The molecule has 106 valence electrons. The van der Waals surface area contributed by atoms with E-state index in [0.717, 1.165) is 28.0 Å². The largest absolute Gasteiger partial charge is 0.306 e. The second-order valence-electron chi connectivity index (χ2n) is 5.17. The SMILES string of the molecule is C=C(C)c1cnn(Cc2cn3cc(/C=C\C)ccc3n2)c1. The molecule has 0 unspecified atom stereocenters. The van der Waals surface area contributed by atoms with Crippen molar-refractivity contribution in [3.63, 3.8) is 0 Å². The Kier molecular flexibility index (Phi) is 3.44. The molecule has 3 heterocycles. The number of allylic oxidation sites excluding steroid dienone is 2. The lowest BCUT2D eigenvalue weighted by atomic mass is 10.2. The van der Waals surface area contributed by atoms with E-state index in [1.165, 1.54) is 0 Å². The normalized spacial score (nSPS) is 11.5. The number of hydrogen-bond donors (Lipinski definition) is 0. The van der Waals surface area contributed by atoms with E-state index in [-0.39, 0.29) is 0 Å². The average molecular weight is 278 g/mol. The summed E-state index contributed by atoms with van der Waals surface area (Å²) in [5, 5.41) is 4.35. The molecule has 0 aliphatic carbocycles. The van der Waals surface area contributed by atoms with E-state index in [1.807, 2.05) is 53.7 Å². The van der Waals surface area contributed by atoms with Gasteiger partial charge in [-0.2, -0.15) is 5.10 Å². The molecule has 0 spiro atoms. The molecule has 0 saturated carbocycles. The number of nitrogens with zero attached hydrogens (tertiary/aromatic N) is 4. The van der Waals surface area contributed by atoms with Crippen LogP contribution in [0.3, 0.4) is 0 Å². The quantitative estimate of drug-likeness (QED) is 0.730. The molecule has 0 bridgehead atoms. The Bertz CT molecular complexity index is 820. The van der Waals surface area contributed by atoms with Crippen LogP contribution in [0.1, 0.15) is 30.7 Å². The predicted molar refractivity (Wildman–Crippen MR) is 85.9 cm³/mol. The van der Waals surface area contributed by atoms with Crippen LogP contribution in [0.4, 0.5) is 0 Å². The maximum atomic E-state index is 4.62. The summed E-state index contributed by atoms with van der Waals surface area (Å²) in [5.74, 6) is 0. The first-order chi connectivity index (χ1) is 10.2. The molecule has 4 nitrogen and oxygen atoms in total. The summed E-state index contributed by atoms with van der Waals surface area (Å²) in [7, 11) is 0. The summed E-state index contributed by atoms with van der Waals surface area (Å²) in [6.45, 7) is 8.58. The van der Waals surface area contributed by atoms with Crippen LogP contribution >= 0.6 is 0 Å². The fourth-order valence-corrected chi connectivity index (χ4v) is 2.27. The highest BCUT2D eigenvalue weighted by Gasteiger charge is 2.05. The van der Waals surface area contributed by atoms with Gasteiger partial charge in [-0.05, 0) is 37.1 Å². The predicted octanol–water partition coefficient (Wildman–Crippen LogP) is 3.65. The standard InChI is InChI=1S/C17H18N4/c1-4-5-14-6-7-17-19-16(11-20(17)9-14)12-21-10-15(8-18-21)13(2)3/h4-11H,2,12H2,1,3H3/b5-4-. The lowest BCUT2D eigenvalue weighted by Gasteiger charge is -1.96. The van der Waals surface area contributed by atoms with Crippen LogP contribution < -0.4 is 0 Å². The number of hydrogen-bond acceptors (Lipinski definition) is 2. The highest BCUT2D eigenvalue weighted by Crippen LogP contribution is 2.12. The van der Waals surface area contributed by atoms with Gasteiger partial charge in [0.25, 0.3) is 0 Å². The Balaban J connectivity index is 1.88. The second kappa shape index (κ2) is 5.40. The van der Waals surface area contributed by atoms with Crippen LogP contribution in [0.2, 0.25) is 0 Å². The van der Waals surface area contributed by atoms with Crippen molar-refractivity contribution in [3.8, 4) is 0 Å². The summed E-state index contributed by atoms with van der Waals surface area (Å²) >= 11 is 0. The van der Waals surface area contributed by atoms with Gasteiger partial charge < -0.3 is 4.40 Å². The summed E-state index contributed by atoms with van der Waals surface area (Å²) < 4.78 is 3.94. The van der Waals surface area contributed by atoms with Crippen LogP contribution in [-0.2, 0) is 6.54 Å². The van der Waals surface area contributed by atoms with Crippen molar-refractivity contribution in [2.75, 3.05) is 0 Å². The first kappa shape index (κ1) is 13.4. The zero-order valence-electron chi connectivity index (χ0n) is 12.3. The molecule has 21 heavy (non-hydrogen) atoms. The van der Waals surface area contributed by atoms with Crippen LogP contribution in [0.15, 0.2) is 49.6 Å². The zero-order valence-corrected chi connectivity index (χ0v) is 12.3. The van der Waals surface area contributed by atoms with Crippen molar-refractivity contribution >= 4 is 17.3 Å². The Morgan fingerprint density at radius 3 is 2.86 bits per heavy atom.